The summed E-state index contributed by atoms with van der Waals surface area (Å²) in [5.41, 5.74) is 1.36. The van der Waals surface area contributed by atoms with E-state index in [1.54, 1.807) is 17.5 Å². The molecule has 0 saturated heterocycles. The van der Waals surface area contributed by atoms with E-state index in [1.807, 2.05) is 29.6 Å². The van der Waals surface area contributed by atoms with Crippen LogP contribution in [0, 0.1) is 0 Å². The van der Waals surface area contributed by atoms with E-state index < -0.39 is 0 Å². The number of hydrogen-bond acceptors (Lipinski definition) is 4. The van der Waals surface area contributed by atoms with Crippen LogP contribution >= 0.6 is 23.1 Å². The predicted molar refractivity (Wildman–Crippen MR) is 75.4 cm³/mol. The Bertz CT molecular complexity index is 562. The first kappa shape index (κ1) is 12.0. The lowest BCUT2D eigenvalue weighted by atomic mass is 10.2. The van der Waals surface area contributed by atoms with Crippen molar-refractivity contribution in [2.24, 2.45) is 7.05 Å². The Morgan fingerprint density at radius 3 is 3.17 bits per heavy atom. The lowest BCUT2D eigenvalue weighted by molar-refractivity contribution is 0.0994. The molecule has 0 spiro atoms. The first-order valence-corrected chi connectivity index (χ1v) is 7.90. The van der Waals surface area contributed by atoms with Crippen LogP contribution in [-0.4, -0.2) is 21.1 Å². The van der Waals surface area contributed by atoms with Crippen molar-refractivity contribution in [3.05, 3.63) is 39.6 Å². The molecule has 0 fully saturated rings. The number of thioether (sulfide) groups is 1. The van der Waals surface area contributed by atoms with Crippen molar-refractivity contribution in [1.82, 2.24) is 9.55 Å². The SMILES string of the molecule is Cn1ccnc1CC(=O)c1cc2c(s1)CCSC2. The van der Waals surface area contributed by atoms with E-state index in [0.29, 0.717) is 6.42 Å². The minimum atomic E-state index is 0.189. The van der Waals surface area contributed by atoms with E-state index in [1.165, 1.54) is 16.2 Å². The largest absolute Gasteiger partial charge is 0.338 e. The molecule has 3 heterocycles. The first-order valence-electron chi connectivity index (χ1n) is 5.93. The Labute approximate surface area is 114 Å². The summed E-state index contributed by atoms with van der Waals surface area (Å²) in [7, 11) is 1.92. The summed E-state index contributed by atoms with van der Waals surface area (Å²) in [4.78, 5) is 18.7. The Morgan fingerprint density at radius 1 is 1.56 bits per heavy atom. The van der Waals surface area contributed by atoms with E-state index in [2.05, 4.69) is 11.1 Å². The topological polar surface area (TPSA) is 34.9 Å². The fraction of sp³-hybridized carbons (Fsp3) is 0.385. The zero-order chi connectivity index (χ0) is 12.5. The molecule has 0 unspecified atom stereocenters. The normalized spacial score (nSPS) is 14.5. The molecule has 0 aromatic carbocycles. The van der Waals surface area contributed by atoms with Gasteiger partial charge >= 0.3 is 0 Å². The van der Waals surface area contributed by atoms with Crippen LogP contribution in [-0.2, 0) is 25.6 Å². The third-order valence-corrected chi connectivity index (χ3v) is 5.43. The molecule has 5 heteroatoms. The number of imidazole rings is 1. The summed E-state index contributed by atoms with van der Waals surface area (Å²) in [6.07, 6.45) is 5.12. The Hall–Kier alpha value is -1.07. The maximum absolute atomic E-state index is 12.2. The second-order valence-electron chi connectivity index (χ2n) is 4.42. The summed E-state index contributed by atoms with van der Waals surface area (Å²) >= 11 is 3.62. The predicted octanol–water partition coefficient (Wildman–Crippen LogP) is 2.70. The van der Waals surface area contributed by atoms with Gasteiger partial charge in [0.1, 0.15) is 5.82 Å². The van der Waals surface area contributed by atoms with Gasteiger partial charge in [-0.25, -0.2) is 4.98 Å². The number of thiophene rings is 1. The van der Waals surface area contributed by atoms with Crippen molar-refractivity contribution in [2.45, 2.75) is 18.6 Å². The summed E-state index contributed by atoms with van der Waals surface area (Å²) in [5, 5.41) is 0. The molecule has 0 saturated carbocycles. The van der Waals surface area contributed by atoms with Gasteiger partial charge < -0.3 is 4.57 Å². The minimum absolute atomic E-state index is 0.189. The molecule has 1 aliphatic rings. The summed E-state index contributed by atoms with van der Waals surface area (Å²) < 4.78 is 1.90. The number of rotatable bonds is 3. The number of hydrogen-bond donors (Lipinski definition) is 0. The second kappa shape index (κ2) is 4.90. The van der Waals surface area contributed by atoms with Gasteiger partial charge in [-0.05, 0) is 23.8 Å². The maximum Gasteiger partial charge on any atom is 0.180 e. The fourth-order valence-corrected chi connectivity index (χ4v) is 4.39. The van der Waals surface area contributed by atoms with Crippen molar-refractivity contribution in [3.8, 4) is 0 Å². The van der Waals surface area contributed by atoms with Crippen LogP contribution in [0.15, 0.2) is 18.5 Å². The Morgan fingerprint density at radius 2 is 2.44 bits per heavy atom. The van der Waals surface area contributed by atoms with Crippen molar-refractivity contribution >= 4 is 28.9 Å². The number of Topliss-reactive ketones (excluding diaryl/α,β-unsaturated/α-hetero) is 1. The minimum Gasteiger partial charge on any atom is -0.338 e. The number of carbonyl (C=O) groups is 1. The quantitative estimate of drug-likeness (QED) is 0.810. The average Bonchev–Trinajstić information content (AvgIpc) is 2.96. The summed E-state index contributed by atoms with van der Waals surface area (Å²) in [6.45, 7) is 0. The van der Waals surface area contributed by atoms with E-state index in [4.69, 9.17) is 0 Å². The molecule has 18 heavy (non-hydrogen) atoms. The molecule has 1 aliphatic heterocycles. The number of fused-ring (bicyclic) bond motifs is 1. The highest BCUT2D eigenvalue weighted by Gasteiger charge is 2.18. The highest BCUT2D eigenvalue weighted by molar-refractivity contribution is 7.98. The van der Waals surface area contributed by atoms with Gasteiger partial charge in [0, 0.05) is 30.1 Å². The van der Waals surface area contributed by atoms with Gasteiger partial charge in [0.05, 0.1) is 11.3 Å². The fourth-order valence-electron chi connectivity index (χ4n) is 2.08. The van der Waals surface area contributed by atoms with E-state index in [0.717, 1.165) is 22.9 Å². The first-order chi connectivity index (χ1) is 8.74. The zero-order valence-electron chi connectivity index (χ0n) is 10.2. The summed E-state index contributed by atoms with van der Waals surface area (Å²) in [6, 6.07) is 2.08. The van der Waals surface area contributed by atoms with Crippen LogP contribution in [0.3, 0.4) is 0 Å². The van der Waals surface area contributed by atoms with Gasteiger partial charge in [-0.15, -0.1) is 11.3 Å². The molecule has 0 aliphatic carbocycles. The van der Waals surface area contributed by atoms with Gasteiger partial charge in [-0.1, -0.05) is 0 Å². The zero-order valence-corrected chi connectivity index (χ0v) is 11.8. The van der Waals surface area contributed by atoms with Crippen molar-refractivity contribution in [2.75, 3.05) is 5.75 Å². The molecule has 0 atom stereocenters. The standard InChI is InChI=1S/C13H14N2OS2/c1-15-4-3-14-13(15)7-10(16)12-6-9-8-17-5-2-11(9)18-12/h3-4,6H,2,5,7-8H2,1H3. The molecule has 94 valence electrons. The molecule has 2 aromatic heterocycles. The highest BCUT2D eigenvalue weighted by atomic mass is 32.2. The van der Waals surface area contributed by atoms with Gasteiger partial charge in [-0.2, -0.15) is 11.8 Å². The van der Waals surface area contributed by atoms with Crippen LogP contribution in [0.2, 0.25) is 0 Å². The van der Waals surface area contributed by atoms with Crippen molar-refractivity contribution in [3.63, 3.8) is 0 Å². The van der Waals surface area contributed by atoms with Gasteiger partial charge in [0.2, 0.25) is 0 Å². The van der Waals surface area contributed by atoms with Crippen LogP contribution < -0.4 is 0 Å². The van der Waals surface area contributed by atoms with E-state index in [-0.39, 0.29) is 5.78 Å². The molecular formula is C13H14N2OS2. The van der Waals surface area contributed by atoms with Crippen LogP contribution in [0.25, 0.3) is 0 Å². The third kappa shape index (κ3) is 2.24. The second-order valence-corrected chi connectivity index (χ2v) is 6.66. The number of aryl methyl sites for hydroxylation is 2. The summed E-state index contributed by atoms with van der Waals surface area (Å²) in [5.74, 6) is 3.26. The monoisotopic (exact) mass is 278 g/mol. The van der Waals surface area contributed by atoms with E-state index in [9.17, 15) is 4.79 Å². The number of aromatic nitrogens is 2. The number of ketones is 1. The maximum atomic E-state index is 12.2. The van der Waals surface area contributed by atoms with Crippen LogP contribution in [0.5, 0.6) is 0 Å². The molecule has 0 amide bonds. The third-order valence-electron chi connectivity index (χ3n) is 3.14. The Balaban J connectivity index is 1.80. The van der Waals surface area contributed by atoms with Crippen molar-refractivity contribution in [1.29, 1.82) is 0 Å². The highest BCUT2D eigenvalue weighted by Crippen LogP contribution is 2.32. The van der Waals surface area contributed by atoms with Gasteiger partial charge in [0.15, 0.2) is 5.78 Å². The van der Waals surface area contributed by atoms with Gasteiger partial charge in [0.25, 0.3) is 0 Å². The molecule has 0 bridgehead atoms. The molecule has 3 rings (SSSR count). The number of nitrogens with zero attached hydrogens (tertiary/aromatic N) is 2. The molecular weight excluding hydrogens is 264 g/mol. The number of carbonyl (C=O) groups excluding carboxylic acids is 1. The molecule has 0 radical (unpaired) electrons. The van der Waals surface area contributed by atoms with Crippen LogP contribution in [0.4, 0.5) is 0 Å². The Kier molecular flexibility index (Phi) is 3.26. The molecule has 2 aromatic rings. The molecule has 3 nitrogen and oxygen atoms in total. The molecule has 0 N–H and O–H groups in total. The lowest BCUT2D eigenvalue weighted by Crippen LogP contribution is -2.06. The lowest BCUT2D eigenvalue weighted by Gasteiger charge is -2.08. The van der Waals surface area contributed by atoms with Crippen LogP contribution in [0.1, 0.15) is 25.9 Å². The van der Waals surface area contributed by atoms with Crippen molar-refractivity contribution < 1.29 is 4.79 Å². The van der Waals surface area contributed by atoms with E-state index >= 15 is 0 Å². The average molecular weight is 278 g/mol. The van der Waals surface area contributed by atoms with Gasteiger partial charge in [-0.3, -0.25) is 4.79 Å². The smallest absolute Gasteiger partial charge is 0.180 e.